The Morgan fingerprint density at radius 1 is 0.435 bits per heavy atom. The van der Waals surface area contributed by atoms with Gasteiger partial charge in [0.15, 0.2) is 45.7 Å². The predicted octanol–water partition coefficient (Wildman–Crippen LogP) is 19.3. The molecule has 1 aliphatic heterocycles. The van der Waals surface area contributed by atoms with Gasteiger partial charge >= 0.3 is 0 Å². The molecule has 1 amide bonds. The van der Waals surface area contributed by atoms with E-state index in [0.29, 0.717) is 146 Å². The number of halogens is 4. The Balaban J connectivity index is 0.000000151. The van der Waals surface area contributed by atoms with Crippen molar-refractivity contribution in [3.05, 3.63) is 234 Å². The molecule has 1 saturated heterocycles. The molecule has 27 nitrogen and oxygen atoms in total. The summed E-state index contributed by atoms with van der Waals surface area (Å²) >= 11 is 5.65. The number of nitrogens with zero attached hydrogens (tertiary/aromatic N) is 16. The van der Waals surface area contributed by atoms with Crippen LogP contribution in [0.3, 0.4) is 0 Å². The molecule has 124 heavy (non-hydrogen) atoms. The SMILES string of the molecule is CC(=O)Nc1ccc(CCCC(=O)c2nc(N[C@@H](C)c3cncc(F)c3)nc3nc(C)sc23)cc1.COCCCC(=O)c1nc(N[C@@H](C)c2cccc(F)c2)nc2nc(C)sc12.Cc1nc2nc(N[C@@H](C)c3cccc(F)c3)nc(C(=O)CCc3cccnc3)c2s1.Cc1nc2nc(N[C@@H](C)c3cncc(F)c3)nc(C(=O)CCCC3CCN(C)CC3)c2s1. The third kappa shape index (κ3) is 25.6. The standard InChI is InChI=1S/C25H25FN6O2S.C23H29FN6OS.C22H20FN5OS.C19H21FN4O2S/c1-14(18-11-19(26)13-27-12-18)28-25-31-22(23-24(32-25)30-16(3)35-23)21(34)6-4-5-17-7-9-20(10-8-17)29-15(2)33;1-14(17-11-18(24)13-25-12-17)26-23-28-20(21-22(29-23)27-15(2)32-21)19(31)6-4-5-16-7-9-30(3)10-8-16;1-13(16-6-3-7-17(23)11-16)25-22-27-19(20-21(28-22)26-14(2)30-20)18(29)9-8-15-5-4-10-24-12-15;1-11(13-6-4-7-14(20)10-13)21-19-23-16(15(25)8-5-9-26-3)17-18(24-19)22-12(2)27-17/h7-14H,4-6H2,1-3H3,(H,29,33)(H,28,31,32);11-14,16H,4-10H2,1-3H3,(H,26,28,29);3-7,10-13H,8-9H2,1-2H3,(H,25,27,28);4,6-7,10-11H,5,8-9H2,1-3H3,(H,21,23,24)/t2*14-;13-;11-/m0000/s1. The summed E-state index contributed by atoms with van der Waals surface area (Å²) in [7, 11) is 3.77. The molecule has 1 aliphatic rings. The van der Waals surface area contributed by atoms with E-state index in [-0.39, 0.29) is 70.8 Å². The van der Waals surface area contributed by atoms with Crippen molar-refractivity contribution >= 4 is 145 Å². The van der Waals surface area contributed by atoms with Gasteiger partial charge in [0, 0.05) is 76.8 Å². The molecule has 12 heterocycles. The largest absolute Gasteiger partial charge is 0.385 e. The lowest BCUT2D eigenvalue weighted by Crippen LogP contribution is -2.30. The molecular weight excluding hydrogens is 1660 g/mol. The number of ketones is 4. The number of pyridine rings is 3. The molecule has 0 spiro atoms. The van der Waals surface area contributed by atoms with Crippen LogP contribution in [0.5, 0.6) is 0 Å². The molecular formula is C89H95F4N21O6S4. The van der Waals surface area contributed by atoms with Gasteiger partial charge in [-0.15, -0.1) is 45.3 Å². The van der Waals surface area contributed by atoms with Crippen LogP contribution in [0, 0.1) is 56.9 Å². The number of aryl methyl sites for hydroxylation is 6. The monoisotopic (exact) mass is 1760 g/mol. The van der Waals surface area contributed by atoms with Crippen molar-refractivity contribution in [3.63, 3.8) is 0 Å². The number of ether oxygens (including phenoxy) is 1. The van der Waals surface area contributed by atoms with Gasteiger partial charge in [-0.05, 0) is 221 Å². The lowest BCUT2D eigenvalue weighted by atomic mass is 9.91. The first kappa shape index (κ1) is 91.2. The highest BCUT2D eigenvalue weighted by Gasteiger charge is 2.26. The highest BCUT2D eigenvalue weighted by molar-refractivity contribution is 7.20. The van der Waals surface area contributed by atoms with Crippen LogP contribution >= 0.6 is 45.3 Å². The van der Waals surface area contributed by atoms with Gasteiger partial charge in [-0.2, -0.15) is 19.9 Å². The van der Waals surface area contributed by atoms with Gasteiger partial charge < -0.3 is 36.2 Å². The van der Waals surface area contributed by atoms with Gasteiger partial charge in [-0.25, -0.2) is 57.4 Å². The number of hydrogen-bond acceptors (Lipinski definition) is 30. The van der Waals surface area contributed by atoms with E-state index in [9.17, 15) is 41.5 Å². The molecule has 5 N–H and O–H groups in total. The maximum absolute atomic E-state index is 13.6. The zero-order chi connectivity index (χ0) is 88.1. The van der Waals surface area contributed by atoms with E-state index < -0.39 is 11.6 Å². The number of thiazole rings is 4. The number of methoxy groups -OCH3 is 1. The van der Waals surface area contributed by atoms with Crippen LogP contribution in [0.1, 0.15) is 218 Å². The topological polar surface area (TPSA) is 351 Å². The van der Waals surface area contributed by atoms with Crippen LogP contribution in [0.4, 0.5) is 47.0 Å². The fraction of sp³-hybridized carbons (Fsp3) is 0.348. The Morgan fingerprint density at radius 3 is 1.22 bits per heavy atom. The van der Waals surface area contributed by atoms with Gasteiger partial charge in [0.1, 0.15) is 64.8 Å². The van der Waals surface area contributed by atoms with Crippen molar-refractivity contribution in [2.75, 3.05) is 60.4 Å². The number of fused-ring (bicyclic) bond motifs is 4. The van der Waals surface area contributed by atoms with Crippen LogP contribution in [0.25, 0.3) is 41.4 Å². The molecule has 644 valence electrons. The average molecular weight is 1760 g/mol. The smallest absolute Gasteiger partial charge is 0.225 e. The summed E-state index contributed by atoms with van der Waals surface area (Å²) in [6.45, 7) is 19.2. The van der Waals surface area contributed by atoms with Crippen LogP contribution in [0.15, 0.2) is 134 Å². The molecule has 0 saturated carbocycles. The molecule has 1 fully saturated rings. The number of benzene rings is 3. The van der Waals surface area contributed by atoms with Crippen molar-refractivity contribution in [1.82, 2.24) is 79.7 Å². The maximum Gasteiger partial charge on any atom is 0.225 e. The normalized spacial score (nSPS) is 13.2. The Bertz CT molecular complexity index is 6070. The van der Waals surface area contributed by atoms with E-state index >= 15 is 0 Å². The number of carbonyl (C=O) groups is 5. The molecule has 0 aliphatic carbocycles. The predicted molar refractivity (Wildman–Crippen MR) is 478 cm³/mol. The minimum atomic E-state index is -0.428. The lowest BCUT2D eigenvalue weighted by molar-refractivity contribution is -0.114. The molecule has 35 heteroatoms. The fourth-order valence-corrected chi connectivity index (χ4v) is 17.1. The molecule has 0 radical (unpaired) electrons. The summed E-state index contributed by atoms with van der Waals surface area (Å²) in [5.41, 5.74) is 9.13. The van der Waals surface area contributed by atoms with E-state index in [4.69, 9.17) is 4.74 Å². The Labute approximate surface area is 730 Å². The highest BCUT2D eigenvalue weighted by atomic mass is 32.1. The third-order valence-corrected chi connectivity index (χ3v) is 24.0. The van der Waals surface area contributed by atoms with E-state index in [2.05, 4.69) is 113 Å². The number of Topliss-reactive ketones (excluding diaryl/α,β-unsaturated/α-hetero) is 4. The van der Waals surface area contributed by atoms with Crippen molar-refractivity contribution < 1.29 is 46.3 Å². The van der Waals surface area contributed by atoms with Gasteiger partial charge in [0.2, 0.25) is 29.7 Å². The summed E-state index contributed by atoms with van der Waals surface area (Å²) in [5, 5.41) is 18.6. The minimum Gasteiger partial charge on any atom is -0.385 e. The molecule has 11 aromatic heterocycles. The molecule has 0 bridgehead atoms. The molecule has 0 unspecified atom stereocenters. The van der Waals surface area contributed by atoms with Crippen molar-refractivity contribution in [3.8, 4) is 0 Å². The van der Waals surface area contributed by atoms with Gasteiger partial charge in [-0.3, -0.25) is 38.9 Å². The number of carbonyl (C=O) groups excluding carboxylic acids is 5. The van der Waals surface area contributed by atoms with E-state index in [0.717, 1.165) is 91.2 Å². The van der Waals surface area contributed by atoms with Gasteiger partial charge in [0.05, 0.1) is 56.6 Å². The second kappa shape index (κ2) is 43.3. The van der Waals surface area contributed by atoms with Crippen LogP contribution in [-0.2, 0) is 22.4 Å². The van der Waals surface area contributed by atoms with Crippen LogP contribution < -0.4 is 26.6 Å². The first-order chi connectivity index (χ1) is 59.6. The zero-order valence-corrected chi connectivity index (χ0v) is 73.7. The Kier molecular flexibility index (Phi) is 31.9. The van der Waals surface area contributed by atoms with E-state index in [1.165, 1.54) is 108 Å². The summed E-state index contributed by atoms with van der Waals surface area (Å²) < 4.78 is 61.9. The zero-order valence-electron chi connectivity index (χ0n) is 70.4. The van der Waals surface area contributed by atoms with Crippen molar-refractivity contribution in [2.45, 2.75) is 164 Å². The number of piperidine rings is 1. The number of aromatic nitrogens is 15. The summed E-state index contributed by atoms with van der Waals surface area (Å²) in [6.07, 6.45) is 17.3. The summed E-state index contributed by atoms with van der Waals surface area (Å²) in [6, 6.07) is 25.8. The van der Waals surface area contributed by atoms with Crippen molar-refractivity contribution in [1.29, 1.82) is 0 Å². The molecule has 15 rings (SSSR count). The quantitative estimate of drug-likeness (QED) is 0.0148. The third-order valence-electron chi connectivity index (χ3n) is 20.1. The average Bonchev–Trinajstić information content (AvgIpc) is 1.64. The maximum atomic E-state index is 13.6. The molecule has 3 aromatic carbocycles. The number of anilines is 5. The second-order valence-corrected chi connectivity index (χ2v) is 34.9. The Morgan fingerprint density at radius 2 is 0.831 bits per heavy atom. The Hall–Kier alpha value is -12.0. The van der Waals surface area contributed by atoms with E-state index in [1.54, 1.807) is 44.0 Å². The van der Waals surface area contributed by atoms with Crippen LogP contribution in [0.2, 0.25) is 0 Å². The number of rotatable bonds is 32. The molecule has 4 atom stereocenters. The fourth-order valence-electron chi connectivity index (χ4n) is 13.7. The lowest BCUT2D eigenvalue weighted by Gasteiger charge is -2.28. The first-order valence-corrected chi connectivity index (χ1v) is 43.9. The summed E-state index contributed by atoms with van der Waals surface area (Å²) in [4.78, 5) is 131. The number of hydrogen-bond donors (Lipinski definition) is 5. The number of likely N-dealkylation sites (tertiary alicyclic amines) is 1. The second-order valence-electron chi connectivity index (χ2n) is 30.1. The van der Waals surface area contributed by atoms with Crippen LogP contribution in [-0.4, -0.2) is 143 Å². The first-order valence-electron chi connectivity index (χ1n) is 40.6. The summed E-state index contributed by atoms with van der Waals surface area (Å²) in [5.74, 6) is 0.134. The number of nitrogens with one attached hydrogen (secondary N) is 5. The van der Waals surface area contributed by atoms with Gasteiger partial charge in [-0.1, -0.05) is 42.5 Å². The molecule has 14 aromatic rings. The van der Waals surface area contributed by atoms with E-state index in [1.807, 2.05) is 104 Å². The van der Waals surface area contributed by atoms with Crippen molar-refractivity contribution in [2.24, 2.45) is 5.92 Å². The number of amides is 1. The highest BCUT2D eigenvalue weighted by Crippen LogP contribution is 2.34. The minimum absolute atomic E-state index is 0.0251. The van der Waals surface area contributed by atoms with Gasteiger partial charge in [0.25, 0.3) is 0 Å².